The molecular weight excluding hydrogens is 228 g/mol. The van der Waals surface area contributed by atoms with Crippen LogP contribution in [0.25, 0.3) is 0 Å². The molecule has 0 heterocycles. The van der Waals surface area contributed by atoms with Gasteiger partial charge in [0, 0.05) is 18.2 Å². The van der Waals surface area contributed by atoms with Crippen molar-refractivity contribution in [1.82, 2.24) is 5.32 Å². The molecule has 0 radical (unpaired) electrons. The third-order valence-electron chi connectivity index (χ3n) is 3.28. The van der Waals surface area contributed by atoms with Gasteiger partial charge in [-0.3, -0.25) is 9.59 Å². The van der Waals surface area contributed by atoms with Crippen LogP contribution in [0.2, 0.25) is 0 Å². The molecule has 1 fully saturated rings. The largest absolute Gasteiger partial charge is 0.350 e. The van der Waals surface area contributed by atoms with Crippen molar-refractivity contribution in [3.8, 4) is 0 Å². The average Bonchev–Trinajstić information content (AvgIpc) is 3.19. The molecule has 3 N–H and O–H groups in total. The molecule has 1 saturated carbocycles. The van der Waals surface area contributed by atoms with E-state index in [4.69, 9.17) is 5.73 Å². The van der Waals surface area contributed by atoms with Gasteiger partial charge in [-0.15, -0.1) is 0 Å². The predicted molar refractivity (Wildman–Crippen MR) is 69.5 cm³/mol. The molecule has 4 heteroatoms. The first-order chi connectivity index (χ1) is 8.59. The summed E-state index contributed by atoms with van der Waals surface area (Å²) in [6.07, 6.45) is 2.31. The minimum Gasteiger partial charge on any atom is -0.350 e. The first-order valence-corrected chi connectivity index (χ1v) is 6.23. The van der Waals surface area contributed by atoms with Crippen molar-refractivity contribution in [3.63, 3.8) is 0 Å². The minimum absolute atomic E-state index is 0.0263. The van der Waals surface area contributed by atoms with E-state index < -0.39 is 0 Å². The fourth-order valence-corrected chi connectivity index (χ4v) is 1.98. The third-order valence-corrected chi connectivity index (χ3v) is 3.28. The quantitative estimate of drug-likeness (QED) is 0.770. The van der Waals surface area contributed by atoms with Crippen LogP contribution in [0.4, 0.5) is 0 Å². The van der Waals surface area contributed by atoms with E-state index in [1.54, 1.807) is 24.3 Å². The number of nitrogens with two attached hydrogens (primary N) is 1. The van der Waals surface area contributed by atoms with Crippen LogP contribution in [-0.2, 0) is 0 Å². The Labute approximate surface area is 107 Å². The number of benzene rings is 1. The Bertz CT molecular complexity index is 467. The number of Topliss-reactive ketones (excluding diaryl/α,β-unsaturated/α-hetero) is 1. The highest BCUT2D eigenvalue weighted by Crippen LogP contribution is 2.31. The maximum Gasteiger partial charge on any atom is 0.252 e. The molecule has 1 atom stereocenters. The van der Waals surface area contributed by atoms with Crippen molar-refractivity contribution in [2.75, 3.05) is 6.54 Å². The summed E-state index contributed by atoms with van der Waals surface area (Å²) < 4.78 is 0. The van der Waals surface area contributed by atoms with Crippen LogP contribution < -0.4 is 11.1 Å². The van der Waals surface area contributed by atoms with Gasteiger partial charge >= 0.3 is 0 Å². The molecule has 2 rings (SSSR count). The summed E-state index contributed by atoms with van der Waals surface area (Å²) in [5.41, 5.74) is 6.80. The molecule has 0 aliphatic heterocycles. The molecule has 1 aromatic carbocycles. The molecule has 0 spiro atoms. The maximum atomic E-state index is 12.0. The Morgan fingerprint density at radius 1 is 1.33 bits per heavy atom. The van der Waals surface area contributed by atoms with Gasteiger partial charge in [0.25, 0.3) is 5.91 Å². The van der Waals surface area contributed by atoms with Crippen molar-refractivity contribution in [1.29, 1.82) is 0 Å². The minimum atomic E-state index is -0.225. The summed E-state index contributed by atoms with van der Waals surface area (Å²) in [5, 5.41) is 2.80. The van der Waals surface area contributed by atoms with E-state index in [0.29, 0.717) is 23.6 Å². The van der Waals surface area contributed by atoms with Gasteiger partial charge in [-0.25, -0.2) is 0 Å². The molecule has 1 aliphatic rings. The van der Waals surface area contributed by atoms with Gasteiger partial charge in [-0.1, -0.05) is 18.2 Å². The Kier molecular flexibility index (Phi) is 3.77. The van der Waals surface area contributed by atoms with Crippen LogP contribution in [0, 0.1) is 5.92 Å². The van der Waals surface area contributed by atoms with Crippen molar-refractivity contribution >= 4 is 11.7 Å². The zero-order valence-corrected chi connectivity index (χ0v) is 10.5. The molecule has 96 valence electrons. The van der Waals surface area contributed by atoms with E-state index in [2.05, 4.69) is 5.32 Å². The molecular formula is C14H18N2O2. The molecule has 1 amide bonds. The first-order valence-electron chi connectivity index (χ1n) is 6.23. The third kappa shape index (κ3) is 2.96. The molecule has 1 aromatic rings. The van der Waals surface area contributed by atoms with E-state index >= 15 is 0 Å². The SMILES string of the molecule is CC(=O)c1ccccc1C(=O)NCC(N)C1CC1. The molecule has 0 bridgehead atoms. The summed E-state index contributed by atoms with van der Waals surface area (Å²) in [6, 6.07) is 6.86. The number of ketones is 1. The second-order valence-corrected chi connectivity index (χ2v) is 4.81. The smallest absolute Gasteiger partial charge is 0.252 e. The first kappa shape index (κ1) is 12.8. The van der Waals surface area contributed by atoms with Gasteiger partial charge < -0.3 is 11.1 Å². The lowest BCUT2D eigenvalue weighted by Gasteiger charge is -2.12. The number of hydrogen-bond acceptors (Lipinski definition) is 3. The summed E-state index contributed by atoms with van der Waals surface area (Å²) in [7, 11) is 0. The van der Waals surface area contributed by atoms with Gasteiger partial charge in [0.2, 0.25) is 0 Å². The zero-order chi connectivity index (χ0) is 13.1. The molecule has 0 aromatic heterocycles. The number of amides is 1. The van der Waals surface area contributed by atoms with Crippen LogP contribution in [0.15, 0.2) is 24.3 Å². The van der Waals surface area contributed by atoms with E-state index in [-0.39, 0.29) is 17.7 Å². The Morgan fingerprint density at radius 3 is 2.50 bits per heavy atom. The van der Waals surface area contributed by atoms with Crippen LogP contribution in [0.1, 0.15) is 40.5 Å². The number of carbonyl (C=O) groups excluding carboxylic acids is 2. The molecule has 1 aliphatic carbocycles. The number of hydrogen-bond donors (Lipinski definition) is 2. The summed E-state index contributed by atoms with van der Waals surface area (Å²) in [5.74, 6) is 0.220. The second-order valence-electron chi connectivity index (χ2n) is 4.81. The zero-order valence-electron chi connectivity index (χ0n) is 10.5. The van der Waals surface area contributed by atoms with Crippen LogP contribution in [-0.4, -0.2) is 24.3 Å². The van der Waals surface area contributed by atoms with E-state index in [1.165, 1.54) is 6.92 Å². The van der Waals surface area contributed by atoms with Crippen molar-refractivity contribution < 1.29 is 9.59 Å². The molecule has 4 nitrogen and oxygen atoms in total. The number of nitrogens with one attached hydrogen (secondary N) is 1. The lowest BCUT2D eigenvalue weighted by molar-refractivity contribution is 0.0936. The van der Waals surface area contributed by atoms with Gasteiger partial charge in [0.15, 0.2) is 5.78 Å². The highest BCUT2D eigenvalue weighted by atomic mass is 16.2. The Morgan fingerprint density at radius 2 is 1.94 bits per heavy atom. The standard InChI is InChI=1S/C14H18N2O2/c1-9(17)11-4-2-3-5-12(11)14(18)16-8-13(15)10-6-7-10/h2-5,10,13H,6-8,15H2,1H3,(H,16,18). The van der Waals surface area contributed by atoms with Gasteiger partial charge in [-0.2, -0.15) is 0 Å². The molecule has 18 heavy (non-hydrogen) atoms. The lowest BCUT2D eigenvalue weighted by Crippen LogP contribution is -2.38. The molecule has 1 unspecified atom stereocenters. The molecule has 0 saturated heterocycles. The van der Waals surface area contributed by atoms with E-state index in [9.17, 15) is 9.59 Å². The van der Waals surface area contributed by atoms with Gasteiger partial charge in [0.05, 0.1) is 5.56 Å². The van der Waals surface area contributed by atoms with Crippen LogP contribution in [0.3, 0.4) is 0 Å². The fourth-order valence-electron chi connectivity index (χ4n) is 1.98. The monoisotopic (exact) mass is 246 g/mol. The van der Waals surface area contributed by atoms with Crippen molar-refractivity contribution in [2.24, 2.45) is 11.7 Å². The maximum absolute atomic E-state index is 12.0. The number of carbonyl (C=O) groups is 2. The predicted octanol–water partition coefficient (Wildman–Crippen LogP) is 1.36. The van der Waals surface area contributed by atoms with Crippen LogP contribution >= 0.6 is 0 Å². The van der Waals surface area contributed by atoms with Gasteiger partial charge in [0.1, 0.15) is 0 Å². The average molecular weight is 246 g/mol. The van der Waals surface area contributed by atoms with Gasteiger partial charge in [-0.05, 0) is 31.7 Å². The highest BCUT2D eigenvalue weighted by molar-refractivity contribution is 6.07. The Hall–Kier alpha value is -1.68. The van der Waals surface area contributed by atoms with Crippen LogP contribution in [0.5, 0.6) is 0 Å². The summed E-state index contributed by atoms with van der Waals surface area (Å²) >= 11 is 0. The van der Waals surface area contributed by atoms with Crippen molar-refractivity contribution in [2.45, 2.75) is 25.8 Å². The van der Waals surface area contributed by atoms with Crippen molar-refractivity contribution in [3.05, 3.63) is 35.4 Å². The van der Waals surface area contributed by atoms with E-state index in [0.717, 1.165) is 12.8 Å². The normalized spacial score (nSPS) is 16.1. The lowest BCUT2D eigenvalue weighted by atomic mass is 10.0. The fraction of sp³-hybridized carbons (Fsp3) is 0.429. The van der Waals surface area contributed by atoms with E-state index in [1.807, 2.05) is 0 Å². The topological polar surface area (TPSA) is 72.2 Å². The number of rotatable bonds is 5. The highest BCUT2D eigenvalue weighted by Gasteiger charge is 2.28. The Balaban J connectivity index is 2.01. The summed E-state index contributed by atoms with van der Waals surface area (Å²) in [4.78, 5) is 23.4. The summed E-state index contributed by atoms with van der Waals surface area (Å²) in [6.45, 7) is 1.93. The second kappa shape index (κ2) is 5.31.